The summed E-state index contributed by atoms with van der Waals surface area (Å²) in [6.07, 6.45) is 4.36. The zero-order valence-corrected chi connectivity index (χ0v) is 11.7. The highest BCUT2D eigenvalue weighted by Crippen LogP contribution is 2.29. The summed E-state index contributed by atoms with van der Waals surface area (Å²) in [5.41, 5.74) is 5.94. The molecule has 4 unspecified atom stereocenters. The van der Waals surface area contributed by atoms with Crippen molar-refractivity contribution in [2.45, 2.75) is 65.5 Å². The zero-order chi connectivity index (χ0) is 13.0. The van der Waals surface area contributed by atoms with E-state index < -0.39 is 0 Å². The van der Waals surface area contributed by atoms with E-state index in [1.54, 1.807) is 0 Å². The van der Waals surface area contributed by atoms with Gasteiger partial charge in [0.05, 0.1) is 6.04 Å². The molecule has 0 bridgehead atoms. The second-order valence-corrected chi connectivity index (χ2v) is 5.88. The van der Waals surface area contributed by atoms with Gasteiger partial charge in [-0.05, 0) is 37.0 Å². The molecule has 3 nitrogen and oxygen atoms in total. The van der Waals surface area contributed by atoms with Crippen molar-refractivity contribution in [2.75, 3.05) is 0 Å². The normalized spacial score (nSPS) is 32.9. The van der Waals surface area contributed by atoms with Crippen LogP contribution in [0.4, 0.5) is 0 Å². The molecule has 1 saturated carbocycles. The number of amides is 1. The number of carbonyl (C=O) groups excluding carboxylic acids is 1. The maximum atomic E-state index is 12.0. The first-order valence-electron chi connectivity index (χ1n) is 7.01. The van der Waals surface area contributed by atoms with E-state index in [9.17, 15) is 4.79 Å². The van der Waals surface area contributed by atoms with Crippen molar-refractivity contribution in [3.8, 4) is 0 Å². The second-order valence-electron chi connectivity index (χ2n) is 5.88. The van der Waals surface area contributed by atoms with Crippen LogP contribution in [0.5, 0.6) is 0 Å². The molecule has 3 heteroatoms. The molecule has 5 atom stereocenters. The molecule has 0 radical (unpaired) electrons. The summed E-state index contributed by atoms with van der Waals surface area (Å²) in [5.74, 6) is 1.78. The summed E-state index contributed by atoms with van der Waals surface area (Å²) in [6.45, 7) is 8.68. The average molecular weight is 240 g/mol. The topological polar surface area (TPSA) is 55.1 Å². The predicted molar refractivity (Wildman–Crippen MR) is 71.5 cm³/mol. The van der Waals surface area contributed by atoms with Crippen LogP contribution in [-0.2, 0) is 4.79 Å². The summed E-state index contributed by atoms with van der Waals surface area (Å²) >= 11 is 0. The Morgan fingerprint density at radius 1 is 1.35 bits per heavy atom. The van der Waals surface area contributed by atoms with Gasteiger partial charge >= 0.3 is 0 Å². The van der Waals surface area contributed by atoms with Gasteiger partial charge in [0.1, 0.15) is 0 Å². The minimum absolute atomic E-state index is 0.0334. The molecule has 0 heterocycles. The first kappa shape index (κ1) is 14.5. The number of hydrogen-bond donors (Lipinski definition) is 2. The SMILES string of the molecule is CCC(C)[C@H](N)C(=O)NC1CCC(C)C(C)C1. The first-order chi connectivity index (χ1) is 7.95. The maximum Gasteiger partial charge on any atom is 0.237 e. The third kappa shape index (κ3) is 3.98. The average Bonchev–Trinajstić information content (AvgIpc) is 2.31. The predicted octanol–water partition coefficient (Wildman–Crippen LogP) is 2.30. The standard InChI is InChI=1S/C14H28N2O/c1-5-9(2)13(15)14(17)16-12-7-6-10(3)11(4)8-12/h9-13H,5-8,15H2,1-4H3,(H,16,17)/t9?,10?,11?,12?,13-/m0/s1. The third-order valence-electron chi connectivity index (χ3n) is 4.50. The van der Waals surface area contributed by atoms with Crippen LogP contribution in [-0.4, -0.2) is 18.0 Å². The Morgan fingerprint density at radius 3 is 2.53 bits per heavy atom. The lowest BCUT2D eigenvalue weighted by atomic mass is 9.79. The Labute approximate surface area is 106 Å². The molecule has 0 saturated heterocycles. The molecule has 0 aliphatic heterocycles. The lowest BCUT2D eigenvalue weighted by molar-refractivity contribution is -0.124. The van der Waals surface area contributed by atoms with Crippen LogP contribution in [0.25, 0.3) is 0 Å². The van der Waals surface area contributed by atoms with Gasteiger partial charge in [0.2, 0.25) is 5.91 Å². The Morgan fingerprint density at radius 2 is 2.00 bits per heavy atom. The van der Waals surface area contributed by atoms with Crippen molar-refractivity contribution >= 4 is 5.91 Å². The van der Waals surface area contributed by atoms with Crippen LogP contribution in [0, 0.1) is 17.8 Å². The lowest BCUT2D eigenvalue weighted by Crippen LogP contribution is -2.49. The fourth-order valence-corrected chi connectivity index (χ4v) is 2.49. The number of rotatable bonds is 4. The van der Waals surface area contributed by atoms with Crippen molar-refractivity contribution < 1.29 is 4.79 Å². The second kappa shape index (κ2) is 6.39. The Bertz CT molecular complexity index is 255. The van der Waals surface area contributed by atoms with E-state index >= 15 is 0 Å². The van der Waals surface area contributed by atoms with E-state index in [1.165, 1.54) is 6.42 Å². The quantitative estimate of drug-likeness (QED) is 0.792. The fourth-order valence-electron chi connectivity index (χ4n) is 2.49. The van der Waals surface area contributed by atoms with Gasteiger partial charge in [0, 0.05) is 6.04 Å². The van der Waals surface area contributed by atoms with Crippen LogP contribution < -0.4 is 11.1 Å². The van der Waals surface area contributed by atoms with E-state index in [0.717, 1.165) is 25.2 Å². The summed E-state index contributed by atoms with van der Waals surface area (Å²) in [7, 11) is 0. The van der Waals surface area contributed by atoms with Crippen LogP contribution >= 0.6 is 0 Å². The van der Waals surface area contributed by atoms with Crippen molar-refractivity contribution in [2.24, 2.45) is 23.5 Å². The van der Waals surface area contributed by atoms with E-state index in [2.05, 4.69) is 26.1 Å². The van der Waals surface area contributed by atoms with E-state index in [4.69, 9.17) is 5.73 Å². The molecule has 0 spiro atoms. The monoisotopic (exact) mass is 240 g/mol. The van der Waals surface area contributed by atoms with Crippen LogP contribution in [0.15, 0.2) is 0 Å². The van der Waals surface area contributed by atoms with Gasteiger partial charge in [-0.15, -0.1) is 0 Å². The highest BCUT2D eigenvalue weighted by atomic mass is 16.2. The van der Waals surface area contributed by atoms with Gasteiger partial charge in [0.15, 0.2) is 0 Å². The van der Waals surface area contributed by atoms with Gasteiger partial charge in [-0.2, -0.15) is 0 Å². The van der Waals surface area contributed by atoms with Crippen molar-refractivity contribution in [1.29, 1.82) is 0 Å². The smallest absolute Gasteiger partial charge is 0.237 e. The van der Waals surface area contributed by atoms with Gasteiger partial charge in [-0.1, -0.05) is 34.1 Å². The molecule has 1 amide bonds. The Kier molecular flexibility index (Phi) is 5.44. The molecule has 0 aromatic carbocycles. The van der Waals surface area contributed by atoms with Gasteiger partial charge in [-0.25, -0.2) is 0 Å². The highest BCUT2D eigenvalue weighted by Gasteiger charge is 2.27. The molecular weight excluding hydrogens is 212 g/mol. The van der Waals surface area contributed by atoms with Crippen LogP contribution in [0.2, 0.25) is 0 Å². The van der Waals surface area contributed by atoms with Gasteiger partial charge in [-0.3, -0.25) is 4.79 Å². The highest BCUT2D eigenvalue weighted by molar-refractivity contribution is 5.82. The molecule has 1 aliphatic carbocycles. The number of nitrogens with one attached hydrogen (secondary N) is 1. The molecule has 1 fully saturated rings. The lowest BCUT2D eigenvalue weighted by Gasteiger charge is -2.33. The van der Waals surface area contributed by atoms with Crippen molar-refractivity contribution in [3.05, 3.63) is 0 Å². The minimum atomic E-state index is -0.352. The maximum absolute atomic E-state index is 12.0. The summed E-state index contributed by atoms with van der Waals surface area (Å²) in [4.78, 5) is 12.0. The molecule has 1 aliphatic rings. The van der Waals surface area contributed by atoms with Crippen molar-refractivity contribution in [1.82, 2.24) is 5.32 Å². The summed E-state index contributed by atoms with van der Waals surface area (Å²) in [6, 6.07) is -0.0153. The van der Waals surface area contributed by atoms with E-state index in [-0.39, 0.29) is 17.9 Å². The first-order valence-corrected chi connectivity index (χ1v) is 7.01. The van der Waals surface area contributed by atoms with E-state index in [1.807, 2.05) is 6.92 Å². The Balaban J connectivity index is 2.41. The minimum Gasteiger partial charge on any atom is -0.352 e. The molecular formula is C14H28N2O. The number of carbonyl (C=O) groups is 1. The summed E-state index contributed by atoms with van der Waals surface area (Å²) < 4.78 is 0. The van der Waals surface area contributed by atoms with Gasteiger partial charge < -0.3 is 11.1 Å². The van der Waals surface area contributed by atoms with Crippen LogP contribution in [0.1, 0.15) is 53.4 Å². The molecule has 0 aromatic heterocycles. The largest absolute Gasteiger partial charge is 0.352 e. The number of hydrogen-bond acceptors (Lipinski definition) is 2. The number of nitrogens with two attached hydrogens (primary N) is 1. The molecule has 0 aromatic rings. The van der Waals surface area contributed by atoms with E-state index in [0.29, 0.717) is 12.0 Å². The van der Waals surface area contributed by atoms with Gasteiger partial charge in [0.25, 0.3) is 0 Å². The zero-order valence-electron chi connectivity index (χ0n) is 11.7. The summed E-state index contributed by atoms with van der Waals surface area (Å²) in [5, 5.41) is 3.12. The fraction of sp³-hybridized carbons (Fsp3) is 0.929. The van der Waals surface area contributed by atoms with Crippen molar-refractivity contribution in [3.63, 3.8) is 0 Å². The molecule has 17 heavy (non-hydrogen) atoms. The van der Waals surface area contributed by atoms with Crippen LogP contribution in [0.3, 0.4) is 0 Å². The third-order valence-corrected chi connectivity index (χ3v) is 4.50. The molecule has 3 N–H and O–H groups in total. The molecule has 1 rings (SSSR count). The molecule has 100 valence electrons. The Hall–Kier alpha value is -0.570.